The zero-order chi connectivity index (χ0) is 23.2. The van der Waals surface area contributed by atoms with Crippen LogP contribution in [0.15, 0.2) is 78.9 Å². The van der Waals surface area contributed by atoms with Crippen molar-refractivity contribution < 1.29 is 4.79 Å². The van der Waals surface area contributed by atoms with Crippen LogP contribution >= 0.6 is 0 Å². The average Bonchev–Trinajstić information content (AvgIpc) is 3.19. The Morgan fingerprint density at radius 2 is 1.58 bits per heavy atom. The smallest absolute Gasteiger partial charge is 0.255 e. The maximum absolute atomic E-state index is 12.6. The van der Waals surface area contributed by atoms with Gasteiger partial charge in [-0.3, -0.25) is 9.48 Å². The summed E-state index contributed by atoms with van der Waals surface area (Å²) in [6, 6.07) is 25.7. The first-order valence-corrected chi connectivity index (χ1v) is 11.1. The van der Waals surface area contributed by atoms with E-state index in [9.17, 15) is 4.79 Å². The fourth-order valence-electron chi connectivity index (χ4n) is 3.69. The van der Waals surface area contributed by atoms with Crippen LogP contribution in [0.3, 0.4) is 0 Å². The second-order valence-corrected chi connectivity index (χ2v) is 8.43. The number of aromatic nitrogens is 3. The number of nitrogens with zero attached hydrogens (tertiary/aromatic N) is 4. The molecule has 0 aliphatic heterocycles. The van der Waals surface area contributed by atoms with Gasteiger partial charge in [0, 0.05) is 36.8 Å². The van der Waals surface area contributed by atoms with Crippen LogP contribution in [0.4, 0.5) is 5.69 Å². The number of nitrogens with one attached hydrogen (secondary N) is 1. The molecule has 6 nitrogen and oxygen atoms in total. The summed E-state index contributed by atoms with van der Waals surface area (Å²) in [5.41, 5.74) is 4.75. The molecule has 33 heavy (non-hydrogen) atoms. The molecule has 0 saturated carbocycles. The Bertz CT molecular complexity index is 1200. The van der Waals surface area contributed by atoms with Gasteiger partial charge in [0.2, 0.25) is 0 Å². The number of aryl methyl sites for hydroxylation is 3. The molecule has 1 amide bonds. The Morgan fingerprint density at radius 1 is 0.879 bits per heavy atom. The summed E-state index contributed by atoms with van der Waals surface area (Å²) < 4.78 is 1.84. The minimum Gasteiger partial charge on any atom is -0.322 e. The number of benzene rings is 3. The van der Waals surface area contributed by atoms with Gasteiger partial charge in [-0.25, -0.2) is 4.98 Å². The van der Waals surface area contributed by atoms with Gasteiger partial charge in [0.05, 0.1) is 0 Å². The van der Waals surface area contributed by atoms with Crippen molar-refractivity contribution in [2.24, 2.45) is 7.05 Å². The zero-order valence-electron chi connectivity index (χ0n) is 19.3. The van der Waals surface area contributed by atoms with E-state index in [0.717, 1.165) is 36.5 Å². The lowest BCUT2D eigenvalue weighted by molar-refractivity contribution is 0.102. The van der Waals surface area contributed by atoms with Crippen LogP contribution in [0.1, 0.15) is 27.3 Å². The number of carbonyl (C=O) groups excluding carboxylic acids is 1. The predicted molar refractivity (Wildman–Crippen MR) is 132 cm³/mol. The van der Waals surface area contributed by atoms with Crippen LogP contribution < -0.4 is 5.32 Å². The number of hydrogen-bond acceptors (Lipinski definition) is 4. The number of carbonyl (C=O) groups is 1. The van der Waals surface area contributed by atoms with Crippen LogP contribution in [0, 0.1) is 0 Å². The van der Waals surface area contributed by atoms with E-state index in [-0.39, 0.29) is 5.91 Å². The lowest BCUT2D eigenvalue weighted by atomic mass is 10.1. The van der Waals surface area contributed by atoms with E-state index in [0.29, 0.717) is 11.4 Å². The Hall–Kier alpha value is -3.77. The third-order valence-electron chi connectivity index (χ3n) is 5.45. The van der Waals surface area contributed by atoms with Crippen LogP contribution in [0.25, 0.3) is 11.4 Å². The highest BCUT2D eigenvalue weighted by Crippen LogP contribution is 2.20. The summed E-state index contributed by atoms with van der Waals surface area (Å²) in [5.74, 6) is 1.51. The van der Waals surface area contributed by atoms with Gasteiger partial charge < -0.3 is 10.2 Å². The molecule has 0 bridgehead atoms. The molecule has 0 spiro atoms. The van der Waals surface area contributed by atoms with E-state index in [2.05, 4.69) is 39.6 Å². The largest absolute Gasteiger partial charge is 0.322 e. The fourth-order valence-corrected chi connectivity index (χ4v) is 3.69. The number of amides is 1. The molecule has 168 valence electrons. The monoisotopic (exact) mass is 439 g/mol. The Morgan fingerprint density at radius 3 is 2.24 bits per heavy atom. The topological polar surface area (TPSA) is 63.1 Å². The van der Waals surface area contributed by atoms with E-state index in [1.54, 1.807) is 0 Å². The summed E-state index contributed by atoms with van der Waals surface area (Å²) in [5, 5.41) is 7.53. The summed E-state index contributed by atoms with van der Waals surface area (Å²) in [4.78, 5) is 19.4. The summed E-state index contributed by atoms with van der Waals surface area (Å²) in [7, 11) is 5.97. The van der Waals surface area contributed by atoms with Crippen LogP contribution in [0.2, 0.25) is 0 Å². The van der Waals surface area contributed by atoms with Crippen molar-refractivity contribution >= 4 is 11.6 Å². The third kappa shape index (κ3) is 5.93. The highest BCUT2D eigenvalue weighted by Gasteiger charge is 2.11. The number of rotatable bonds is 8. The molecule has 0 radical (unpaired) electrons. The summed E-state index contributed by atoms with van der Waals surface area (Å²) in [6.45, 7) is 0.846. The quantitative estimate of drug-likeness (QED) is 0.436. The van der Waals surface area contributed by atoms with Crippen LogP contribution in [-0.2, 0) is 26.4 Å². The van der Waals surface area contributed by atoms with Crippen molar-refractivity contribution in [1.82, 2.24) is 19.7 Å². The first kappa shape index (κ1) is 22.4. The van der Waals surface area contributed by atoms with Gasteiger partial charge in [-0.1, -0.05) is 42.5 Å². The van der Waals surface area contributed by atoms with Crippen molar-refractivity contribution in [1.29, 1.82) is 0 Å². The summed E-state index contributed by atoms with van der Waals surface area (Å²) in [6.07, 6.45) is 1.75. The van der Waals surface area contributed by atoms with Gasteiger partial charge in [-0.2, -0.15) is 5.10 Å². The molecule has 0 saturated heterocycles. The molecule has 1 heterocycles. The second kappa shape index (κ2) is 10.2. The first-order chi connectivity index (χ1) is 16.0. The van der Waals surface area contributed by atoms with E-state index in [1.165, 1.54) is 11.1 Å². The van der Waals surface area contributed by atoms with E-state index in [4.69, 9.17) is 4.98 Å². The molecule has 3 aromatic carbocycles. The molecule has 0 unspecified atom stereocenters. The maximum Gasteiger partial charge on any atom is 0.255 e. The molecule has 4 rings (SSSR count). The number of hydrogen-bond donors (Lipinski definition) is 1. The predicted octanol–water partition coefficient (Wildman–Crippen LogP) is 4.58. The Labute approximate surface area is 194 Å². The molecule has 0 aliphatic carbocycles. The Kier molecular flexibility index (Phi) is 6.95. The highest BCUT2D eigenvalue weighted by atomic mass is 16.1. The fraction of sp³-hybridized carbons (Fsp3) is 0.222. The molecule has 1 N–H and O–H groups in total. The molecule has 6 heteroatoms. The zero-order valence-corrected chi connectivity index (χ0v) is 19.3. The minimum atomic E-state index is -0.127. The van der Waals surface area contributed by atoms with Gasteiger partial charge in [0.25, 0.3) is 5.91 Å². The van der Waals surface area contributed by atoms with Crippen molar-refractivity contribution in [3.63, 3.8) is 0 Å². The highest BCUT2D eigenvalue weighted by molar-refractivity contribution is 6.04. The average molecular weight is 440 g/mol. The van der Waals surface area contributed by atoms with Crippen molar-refractivity contribution in [3.8, 4) is 11.4 Å². The molecule has 0 atom stereocenters. The molecule has 0 fully saturated rings. The van der Waals surface area contributed by atoms with Crippen LogP contribution in [-0.4, -0.2) is 39.7 Å². The third-order valence-corrected chi connectivity index (χ3v) is 5.45. The minimum absolute atomic E-state index is 0.127. The van der Waals surface area contributed by atoms with E-state index < -0.39 is 0 Å². The molecule has 4 aromatic rings. The lowest BCUT2D eigenvalue weighted by Crippen LogP contribution is -2.13. The second-order valence-electron chi connectivity index (χ2n) is 8.43. The van der Waals surface area contributed by atoms with E-state index in [1.807, 2.05) is 80.4 Å². The molecular weight excluding hydrogens is 410 g/mol. The van der Waals surface area contributed by atoms with Gasteiger partial charge >= 0.3 is 0 Å². The summed E-state index contributed by atoms with van der Waals surface area (Å²) >= 11 is 0. The maximum atomic E-state index is 12.6. The van der Waals surface area contributed by atoms with Gasteiger partial charge in [0.1, 0.15) is 5.82 Å². The molecule has 1 aromatic heterocycles. The van der Waals surface area contributed by atoms with Gasteiger partial charge in [-0.15, -0.1) is 0 Å². The standard InChI is InChI=1S/C27H29N5O/c1-31(2)19-21-9-12-23(13-10-21)27(33)28-24-16-14-22(15-17-24)26-29-25(32(3)30-26)18-11-20-7-5-4-6-8-20/h4-10,12-17H,11,18-19H2,1-3H3,(H,28,33). The molecule has 0 aliphatic rings. The van der Waals surface area contributed by atoms with Crippen LogP contribution in [0.5, 0.6) is 0 Å². The molecular formula is C27H29N5O. The van der Waals surface area contributed by atoms with Crippen molar-refractivity contribution in [2.45, 2.75) is 19.4 Å². The lowest BCUT2D eigenvalue weighted by Gasteiger charge is -2.10. The number of anilines is 1. The SMILES string of the molecule is CN(C)Cc1ccc(C(=O)Nc2ccc(-c3nc(CCc4ccccc4)n(C)n3)cc2)cc1. The normalized spacial score (nSPS) is 11.0. The first-order valence-electron chi connectivity index (χ1n) is 11.1. The van der Waals surface area contributed by atoms with E-state index >= 15 is 0 Å². The van der Waals surface area contributed by atoms with Crippen molar-refractivity contribution in [3.05, 3.63) is 101 Å². The van der Waals surface area contributed by atoms with Gasteiger partial charge in [-0.05, 0) is 68.0 Å². The van der Waals surface area contributed by atoms with Gasteiger partial charge in [0.15, 0.2) is 5.82 Å². The van der Waals surface area contributed by atoms with Crippen molar-refractivity contribution in [2.75, 3.05) is 19.4 Å². The Balaban J connectivity index is 1.38.